The van der Waals surface area contributed by atoms with Crippen LogP contribution < -0.4 is 10.6 Å². The Morgan fingerprint density at radius 1 is 1.00 bits per heavy atom. The summed E-state index contributed by atoms with van der Waals surface area (Å²) in [5.74, 6) is 1.25. The number of anilines is 1. The van der Waals surface area contributed by atoms with Gasteiger partial charge in [0.05, 0.1) is 5.69 Å². The van der Waals surface area contributed by atoms with Crippen LogP contribution in [0.2, 0.25) is 25.7 Å². The van der Waals surface area contributed by atoms with E-state index in [2.05, 4.69) is 54.4 Å². The predicted molar refractivity (Wildman–Crippen MR) is 180 cm³/mol. The summed E-state index contributed by atoms with van der Waals surface area (Å²) in [6.07, 6.45) is 8.48. The first-order valence-electron chi connectivity index (χ1n) is 16.9. The highest BCUT2D eigenvalue weighted by atomic mass is 28.3. The Kier molecular flexibility index (Phi) is 9.07. The van der Waals surface area contributed by atoms with E-state index in [0.717, 1.165) is 61.0 Å². The third kappa shape index (κ3) is 7.60. The molecule has 6 rings (SSSR count). The SMILES string of the molecule is Cc1c(-c2ccc(NC(=O)[C@@H](NC(=O)c3ccnn3C(C)C)C(C3CC3)C3CC3)cc2)c(C2CC2)nn1COCC[Si](C)(C)C. The number of nitrogens with one attached hydrogen (secondary N) is 2. The molecule has 2 N–H and O–H groups in total. The molecule has 1 aromatic carbocycles. The molecule has 0 spiro atoms. The third-order valence-electron chi connectivity index (χ3n) is 9.53. The molecule has 3 aliphatic carbocycles. The molecular formula is C35H50N6O3Si. The average molecular weight is 631 g/mol. The van der Waals surface area contributed by atoms with Crippen molar-refractivity contribution < 1.29 is 14.3 Å². The zero-order valence-electron chi connectivity index (χ0n) is 27.8. The van der Waals surface area contributed by atoms with Gasteiger partial charge in [0, 0.05) is 49.8 Å². The molecule has 1 atom stereocenters. The molecule has 10 heteroatoms. The third-order valence-corrected chi connectivity index (χ3v) is 11.2. The largest absolute Gasteiger partial charge is 0.360 e. The van der Waals surface area contributed by atoms with Gasteiger partial charge in [-0.3, -0.25) is 14.3 Å². The van der Waals surface area contributed by atoms with Crippen LogP contribution in [-0.4, -0.2) is 52.1 Å². The van der Waals surface area contributed by atoms with E-state index in [4.69, 9.17) is 9.84 Å². The monoisotopic (exact) mass is 630 g/mol. The van der Waals surface area contributed by atoms with E-state index in [1.54, 1.807) is 16.9 Å². The highest BCUT2D eigenvalue weighted by Gasteiger charge is 2.48. The summed E-state index contributed by atoms with van der Waals surface area (Å²) in [4.78, 5) is 27.4. The number of nitrogens with zero attached hydrogens (tertiary/aromatic N) is 4. The number of benzene rings is 1. The van der Waals surface area contributed by atoms with Crippen LogP contribution in [-0.2, 0) is 16.3 Å². The Hall–Kier alpha value is -3.24. The predicted octanol–water partition coefficient (Wildman–Crippen LogP) is 7.00. The van der Waals surface area contributed by atoms with E-state index < -0.39 is 14.1 Å². The molecule has 2 heterocycles. The fourth-order valence-electron chi connectivity index (χ4n) is 6.51. The van der Waals surface area contributed by atoms with Crippen molar-refractivity contribution in [3.8, 4) is 11.1 Å². The van der Waals surface area contributed by atoms with Crippen LogP contribution in [0, 0.1) is 24.7 Å². The van der Waals surface area contributed by atoms with Crippen LogP contribution in [0.25, 0.3) is 11.1 Å². The van der Waals surface area contributed by atoms with Gasteiger partial charge in [-0.1, -0.05) is 31.8 Å². The summed E-state index contributed by atoms with van der Waals surface area (Å²) < 4.78 is 9.78. The summed E-state index contributed by atoms with van der Waals surface area (Å²) >= 11 is 0. The van der Waals surface area contributed by atoms with Crippen molar-refractivity contribution in [1.82, 2.24) is 24.9 Å². The van der Waals surface area contributed by atoms with E-state index in [9.17, 15) is 9.59 Å². The molecule has 0 bridgehead atoms. The minimum Gasteiger partial charge on any atom is -0.360 e. The van der Waals surface area contributed by atoms with Crippen LogP contribution in [0.5, 0.6) is 0 Å². The van der Waals surface area contributed by atoms with Crippen LogP contribution in [0.1, 0.15) is 86.2 Å². The number of hydrogen-bond acceptors (Lipinski definition) is 5. The Balaban J connectivity index is 1.18. The molecule has 0 radical (unpaired) electrons. The maximum absolute atomic E-state index is 13.9. The number of carbonyl (C=O) groups is 2. The maximum Gasteiger partial charge on any atom is 0.270 e. The van der Waals surface area contributed by atoms with Gasteiger partial charge in [0.2, 0.25) is 5.91 Å². The lowest BCUT2D eigenvalue weighted by atomic mass is 9.88. The number of aromatic nitrogens is 4. The molecule has 0 saturated heterocycles. The molecule has 3 aliphatic rings. The fourth-order valence-corrected chi connectivity index (χ4v) is 7.27. The average Bonchev–Trinajstić information content (AvgIpc) is 3.88. The Labute approximate surface area is 268 Å². The van der Waals surface area contributed by atoms with Gasteiger partial charge >= 0.3 is 0 Å². The summed E-state index contributed by atoms with van der Waals surface area (Å²) in [7, 11) is -1.15. The molecule has 3 saturated carbocycles. The van der Waals surface area contributed by atoms with Crippen LogP contribution in [0.4, 0.5) is 5.69 Å². The first-order valence-corrected chi connectivity index (χ1v) is 20.6. The molecule has 0 aliphatic heterocycles. The summed E-state index contributed by atoms with van der Waals surface area (Å²) in [5.41, 5.74) is 5.76. The minimum atomic E-state index is -1.15. The quantitative estimate of drug-likeness (QED) is 0.139. The standard InChI is InChI=1S/C35H50N6O3Si/c1-22(2)41-29(17-18-36-41)34(42)38-33(31(25-7-8-25)26-9-10-26)35(43)37-28-15-13-24(14-16-28)30-23(3)40(39-32(30)27-11-12-27)21-44-19-20-45(4,5)6/h13-18,22,25-27,31,33H,7-12,19-21H2,1-6H3,(H,37,43)(H,38,42)/t33-/m0/s1. The van der Waals surface area contributed by atoms with E-state index in [0.29, 0.717) is 30.2 Å². The van der Waals surface area contributed by atoms with Gasteiger partial charge in [0.15, 0.2) is 0 Å². The Morgan fingerprint density at radius 2 is 1.67 bits per heavy atom. The lowest BCUT2D eigenvalue weighted by molar-refractivity contribution is -0.119. The van der Waals surface area contributed by atoms with Gasteiger partial charge in [-0.25, -0.2) is 4.68 Å². The molecule has 45 heavy (non-hydrogen) atoms. The van der Waals surface area contributed by atoms with Gasteiger partial charge in [0.25, 0.3) is 5.91 Å². The maximum atomic E-state index is 13.9. The number of hydrogen-bond donors (Lipinski definition) is 2. The van der Waals surface area contributed by atoms with Crippen molar-refractivity contribution in [2.45, 2.75) is 110 Å². The zero-order valence-corrected chi connectivity index (χ0v) is 28.8. The lowest BCUT2D eigenvalue weighted by Crippen LogP contribution is -2.50. The van der Waals surface area contributed by atoms with E-state index in [1.807, 2.05) is 30.7 Å². The number of carbonyl (C=O) groups excluding carboxylic acids is 2. The van der Waals surface area contributed by atoms with Crippen molar-refractivity contribution in [2.75, 3.05) is 11.9 Å². The van der Waals surface area contributed by atoms with Gasteiger partial charge in [0.1, 0.15) is 18.5 Å². The van der Waals surface area contributed by atoms with Gasteiger partial charge < -0.3 is 15.4 Å². The van der Waals surface area contributed by atoms with Crippen LogP contribution in [0.3, 0.4) is 0 Å². The first kappa shape index (κ1) is 31.7. The molecule has 3 aromatic rings. The molecule has 0 unspecified atom stereocenters. The molecule has 242 valence electrons. The van der Waals surface area contributed by atoms with Crippen molar-refractivity contribution in [3.05, 3.63) is 53.6 Å². The van der Waals surface area contributed by atoms with Gasteiger partial charge in [-0.2, -0.15) is 10.2 Å². The van der Waals surface area contributed by atoms with E-state index in [1.165, 1.54) is 18.4 Å². The van der Waals surface area contributed by atoms with Gasteiger partial charge in [-0.05, 0) is 107 Å². The topological polar surface area (TPSA) is 103 Å². The second-order valence-corrected chi connectivity index (χ2v) is 20.6. The van der Waals surface area contributed by atoms with E-state index in [-0.39, 0.29) is 23.8 Å². The number of amides is 2. The highest BCUT2D eigenvalue weighted by Crippen LogP contribution is 2.51. The second-order valence-electron chi connectivity index (χ2n) is 15.0. The van der Waals surface area contributed by atoms with Crippen molar-refractivity contribution in [1.29, 1.82) is 0 Å². The normalized spacial score (nSPS) is 17.6. The fraction of sp³-hybridized carbons (Fsp3) is 0.600. The number of ether oxygens (including phenoxy) is 1. The smallest absolute Gasteiger partial charge is 0.270 e. The van der Waals surface area contributed by atoms with E-state index >= 15 is 0 Å². The summed E-state index contributed by atoms with van der Waals surface area (Å²) in [6, 6.07) is 10.4. The Morgan fingerprint density at radius 3 is 2.24 bits per heavy atom. The van der Waals surface area contributed by atoms with Crippen molar-refractivity contribution in [2.24, 2.45) is 17.8 Å². The van der Waals surface area contributed by atoms with Crippen LogP contribution >= 0.6 is 0 Å². The first-order chi connectivity index (χ1) is 21.5. The summed E-state index contributed by atoms with van der Waals surface area (Å²) in [5, 5.41) is 15.6. The van der Waals surface area contributed by atoms with Crippen molar-refractivity contribution >= 4 is 25.6 Å². The second kappa shape index (κ2) is 12.9. The van der Waals surface area contributed by atoms with Crippen LogP contribution in [0.15, 0.2) is 36.5 Å². The van der Waals surface area contributed by atoms with Gasteiger partial charge in [-0.15, -0.1) is 0 Å². The zero-order chi connectivity index (χ0) is 31.9. The lowest BCUT2D eigenvalue weighted by Gasteiger charge is -2.28. The molecule has 3 fully saturated rings. The summed E-state index contributed by atoms with van der Waals surface area (Å²) in [6.45, 7) is 14.5. The highest BCUT2D eigenvalue weighted by molar-refractivity contribution is 6.76. The molecule has 2 amide bonds. The number of rotatable bonds is 15. The minimum absolute atomic E-state index is 0.0490. The molecular weight excluding hydrogens is 581 g/mol. The molecule has 2 aromatic heterocycles. The van der Waals surface area contributed by atoms with Crippen molar-refractivity contribution in [3.63, 3.8) is 0 Å². The Bertz CT molecular complexity index is 1500. The molecule has 9 nitrogen and oxygen atoms in total.